The number of anilines is 1. The van der Waals surface area contributed by atoms with Crippen LogP contribution in [-0.2, 0) is 4.74 Å². The van der Waals surface area contributed by atoms with E-state index in [1.165, 1.54) is 12.8 Å². The molecule has 0 radical (unpaired) electrons. The number of nitrogens with zero attached hydrogens (tertiary/aromatic N) is 2. The van der Waals surface area contributed by atoms with E-state index in [0.717, 1.165) is 44.1 Å². The summed E-state index contributed by atoms with van der Waals surface area (Å²) < 4.78 is 11.3. The third-order valence-electron chi connectivity index (χ3n) is 3.65. The molecule has 5 heteroatoms. The Morgan fingerprint density at radius 1 is 1.35 bits per heavy atom. The van der Waals surface area contributed by atoms with Crippen LogP contribution in [0, 0.1) is 0 Å². The first-order chi connectivity index (χ1) is 9.85. The van der Waals surface area contributed by atoms with Crippen LogP contribution < -0.4 is 10.1 Å². The van der Waals surface area contributed by atoms with E-state index in [1.807, 2.05) is 6.07 Å². The third kappa shape index (κ3) is 3.60. The van der Waals surface area contributed by atoms with Crippen LogP contribution in [0.3, 0.4) is 0 Å². The second-order valence-corrected chi connectivity index (χ2v) is 5.59. The fraction of sp³-hybridized carbons (Fsp3) is 0.733. The minimum Gasteiger partial charge on any atom is -0.478 e. The first-order valence-electron chi connectivity index (χ1n) is 7.72. The van der Waals surface area contributed by atoms with Gasteiger partial charge in [-0.1, -0.05) is 6.92 Å². The fourth-order valence-electron chi connectivity index (χ4n) is 2.36. The van der Waals surface area contributed by atoms with Crippen molar-refractivity contribution >= 4 is 5.82 Å². The maximum atomic E-state index is 5.66. The zero-order chi connectivity index (χ0) is 13.8. The molecule has 1 saturated carbocycles. The van der Waals surface area contributed by atoms with E-state index in [4.69, 9.17) is 9.47 Å². The highest BCUT2D eigenvalue weighted by Gasteiger charge is 2.27. The zero-order valence-electron chi connectivity index (χ0n) is 12.1. The van der Waals surface area contributed by atoms with Gasteiger partial charge < -0.3 is 14.8 Å². The van der Waals surface area contributed by atoms with E-state index < -0.39 is 0 Å². The molecule has 110 valence electrons. The maximum absolute atomic E-state index is 5.66. The van der Waals surface area contributed by atoms with Crippen LogP contribution in [0.15, 0.2) is 6.07 Å². The normalized spacial score (nSPS) is 21.9. The van der Waals surface area contributed by atoms with Crippen molar-refractivity contribution < 1.29 is 9.47 Å². The number of hydrogen-bond acceptors (Lipinski definition) is 5. The Morgan fingerprint density at radius 2 is 2.25 bits per heavy atom. The second-order valence-electron chi connectivity index (χ2n) is 5.59. The van der Waals surface area contributed by atoms with Crippen LogP contribution in [0.25, 0.3) is 0 Å². The van der Waals surface area contributed by atoms with E-state index >= 15 is 0 Å². The standard InChI is InChI=1S/C15H23N3O2/c1-2-7-20-14-9-13(16-10-12-4-3-8-19-12)17-15(18-14)11-5-6-11/h9,11-12H,2-8,10H2,1H3,(H,16,17,18). The van der Waals surface area contributed by atoms with Gasteiger partial charge in [0.1, 0.15) is 11.6 Å². The Balaban J connectivity index is 1.65. The predicted molar refractivity (Wildman–Crippen MR) is 77.3 cm³/mol. The van der Waals surface area contributed by atoms with Crippen LogP contribution in [0.4, 0.5) is 5.82 Å². The summed E-state index contributed by atoms with van der Waals surface area (Å²) in [4.78, 5) is 9.11. The summed E-state index contributed by atoms with van der Waals surface area (Å²) in [6.07, 6.45) is 5.99. The van der Waals surface area contributed by atoms with E-state index in [2.05, 4.69) is 22.2 Å². The Labute approximate surface area is 120 Å². The van der Waals surface area contributed by atoms with Crippen molar-refractivity contribution in [1.29, 1.82) is 0 Å². The monoisotopic (exact) mass is 277 g/mol. The predicted octanol–water partition coefficient (Wildman–Crippen LogP) is 2.73. The molecule has 1 aromatic rings. The summed E-state index contributed by atoms with van der Waals surface area (Å²) in [6, 6.07) is 1.90. The van der Waals surface area contributed by atoms with Crippen molar-refractivity contribution in [2.24, 2.45) is 0 Å². The van der Waals surface area contributed by atoms with Crippen molar-refractivity contribution in [2.45, 2.75) is 51.0 Å². The van der Waals surface area contributed by atoms with Gasteiger partial charge >= 0.3 is 0 Å². The van der Waals surface area contributed by atoms with Gasteiger partial charge in [0.25, 0.3) is 0 Å². The number of rotatable bonds is 7. The topological polar surface area (TPSA) is 56.3 Å². The third-order valence-corrected chi connectivity index (χ3v) is 3.65. The van der Waals surface area contributed by atoms with E-state index in [9.17, 15) is 0 Å². The molecule has 1 N–H and O–H groups in total. The largest absolute Gasteiger partial charge is 0.478 e. The molecular weight excluding hydrogens is 254 g/mol. The molecule has 1 saturated heterocycles. The molecule has 0 aromatic carbocycles. The van der Waals surface area contributed by atoms with Crippen molar-refractivity contribution in [2.75, 3.05) is 25.1 Å². The summed E-state index contributed by atoms with van der Waals surface area (Å²) in [5.41, 5.74) is 0. The molecule has 3 rings (SSSR count). The van der Waals surface area contributed by atoms with Gasteiger partial charge in [0, 0.05) is 25.1 Å². The summed E-state index contributed by atoms with van der Waals surface area (Å²) in [5.74, 6) is 3.01. The highest BCUT2D eigenvalue weighted by molar-refractivity contribution is 5.39. The molecule has 1 unspecified atom stereocenters. The zero-order valence-corrected chi connectivity index (χ0v) is 12.1. The average molecular weight is 277 g/mol. The van der Waals surface area contributed by atoms with Crippen molar-refractivity contribution in [1.82, 2.24) is 9.97 Å². The molecule has 1 aromatic heterocycles. The van der Waals surface area contributed by atoms with Gasteiger partial charge in [-0.15, -0.1) is 0 Å². The molecule has 1 atom stereocenters. The summed E-state index contributed by atoms with van der Waals surface area (Å²) in [6.45, 7) is 4.49. The molecule has 5 nitrogen and oxygen atoms in total. The number of hydrogen-bond donors (Lipinski definition) is 1. The highest BCUT2D eigenvalue weighted by atomic mass is 16.5. The first-order valence-corrected chi connectivity index (χ1v) is 7.72. The maximum Gasteiger partial charge on any atom is 0.218 e. The van der Waals surface area contributed by atoms with E-state index in [1.54, 1.807) is 0 Å². The van der Waals surface area contributed by atoms with Gasteiger partial charge in [-0.3, -0.25) is 0 Å². The van der Waals surface area contributed by atoms with Crippen molar-refractivity contribution in [3.63, 3.8) is 0 Å². The molecule has 0 amide bonds. The second kappa shape index (κ2) is 6.39. The Hall–Kier alpha value is -1.36. The summed E-state index contributed by atoms with van der Waals surface area (Å²) in [7, 11) is 0. The SMILES string of the molecule is CCCOc1cc(NCC2CCCO2)nc(C2CC2)n1. The lowest BCUT2D eigenvalue weighted by atomic mass is 10.2. The lowest BCUT2D eigenvalue weighted by Gasteiger charge is -2.13. The molecule has 1 aliphatic carbocycles. The van der Waals surface area contributed by atoms with Crippen LogP contribution in [0.2, 0.25) is 0 Å². The average Bonchev–Trinajstić information content (AvgIpc) is 3.20. The van der Waals surface area contributed by atoms with Gasteiger partial charge in [-0.05, 0) is 32.1 Å². The van der Waals surface area contributed by atoms with Crippen LogP contribution in [0.5, 0.6) is 5.88 Å². The molecule has 0 spiro atoms. The molecular formula is C15H23N3O2. The van der Waals surface area contributed by atoms with Crippen LogP contribution in [-0.4, -0.2) is 35.8 Å². The molecule has 2 fully saturated rings. The Morgan fingerprint density at radius 3 is 2.95 bits per heavy atom. The molecule has 0 bridgehead atoms. The van der Waals surface area contributed by atoms with Crippen LogP contribution >= 0.6 is 0 Å². The minimum absolute atomic E-state index is 0.314. The molecule has 2 heterocycles. The smallest absolute Gasteiger partial charge is 0.218 e. The Kier molecular flexibility index (Phi) is 4.35. The van der Waals surface area contributed by atoms with Gasteiger partial charge in [0.2, 0.25) is 5.88 Å². The van der Waals surface area contributed by atoms with Gasteiger partial charge in [0.15, 0.2) is 0 Å². The number of ether oxygens (including phenoxy) is 2. The minimum atomic E-state index is 0.314. The lowest BCUT2D eigenvalue weighted by Crippen LogP contribution is -2.19. The van der Waals surface area contributed by atoms with Crippen molar-refractivity contribution in [3.05, 3.63) is 11.9 Å². The number of aromatic nitrogens is 2. The van der Waals surface area contributed by atoms with Gasteiger partial charge in [0.05, 0.1) is 12.7 Å². The van der Waals surface area contributed by atoms with Crippen LogP contribution in [0.1, 0.15) is 50.8 Å². The summed E-state index contributed by atoms with van der Waals surface area (Å²) in [5, 5.41) is 3.37. The quantitative estimate of drug-likeness (QED) is 0.830. The number of nitrogens with one attached hydrogen (secondary N) is 1. The molecule has 1 aliphatic heterocycles. The molecule has 20 heavy (non-hydrogen) atoms. The highest BCUT2D eigenvalue weighted by Crippen LogP contribution is 2.39. The molecule has 2 aliphatic rings. The first kappa shape index (κ1) is 13.6. The van der Waals surface area contributed by atoms with Gasteiger partial charge in [-0.25, -0.2) is 4.98 Å². The van der Waals surface area contributed by atoms with Gasteiger partial charge in [-0.2, -0.15) is 4.98 Å². The fourth-order valence-corrected chi connectivity index (χ4v) is 2.36. The van der Waals surface area contributed by atoms with E-state index in [0.29, 0.717) is 24.5 Å². The lowest BCUT2D eigenvalue weighted by molar-refractivity contribution is 0.120. The summed E-state index contributed by atoms with van der Waals surface area (Å²) >= 11 is 0. The van der Waals surface area contributed by atoms with Crippen molar-refractivity contribution in [3.8, 4) is 5.88 Å². The Bertz CT molecular complexity index is 443. The van der Waals surface area contributed by atoms with E-state index in [-0.39, 0.29) is 0 Å².